The summed E-state index contributed by atoms with van der Waals surface area (Å²) in [6.45, 7) is 0.744. The fourth-order valence-corrected chi connectivity index (χ4v) is 3.37. The zero-order valence-electron chi connectivity index (χ0n) is 16.3. The Morgan fingerprint density at radius 1 is 0.833 bits per heavy atom. The number of nitrogens with one attached hydrogen (secondary N) is 1. The molecule has 0 atom stereocenters. The lowest BCUT2D eigenvalue weighted by Gasteiger charge is -2.10. The summed E-state index contributed by atoms with van der Waals surface area (Å²) in [6, 6.07) is 22.0. The van der Waals surface area contributed by atoms with Crippen LogP contribution in [0.4, 0.5) is 5.82 Å². The van der Waals surface area contributed by atoms with Gasteiger partial charge in [0.15, 0.2) is 5.82 Å². The third-order valence-corrected chi connectivity index (χ3v) is 4.89. The van der Waals surface area contributed by atoms with Crippen LogP contribution >= 0.6 is 0 Å². The van der Waals surface area contributed by atoms with Crippen LogP contribution < -0.4 is 5.32 Å². The lowest BCUT2D eigenvalue weighted by Crippen LogP contribution is -2.08. The Hall–Kier alpha value is -4.06. The number of fused-ring (bicyclic) bond motifs is 1. The predicted molar refractivity (Wildman–Crippen MR) is 119 cm³/mol. The summed E-state index contributed by atoms with van der Waals surface area (Å²) >= 11 is 0. The van der Waals surface area contributed by atoms with Gasteiger partial charge < -0.3 is 5.32 Å². The van der Waals surface area contributed by atoms with Gasteiger partial charge >= 0.3 is 0 Å². The fraction of sp³-hybridized carbons (Fsp3) is 0.0833. The summed E-state index contributed by atoms with van der Waals surface area (Å²) in [5.74, 6) is 1.50. The zero-order chi connectivity index (χ0) is 20.2. The van der Waals surface area contributed by atoms with Gasteiger partial charge in [-0.05, 0) is 48.4 Å². The number of rotatable bonds is 6. The van der Waals surface area contributed by atoms with E-state index in [1.165, 1.54) is 0 Å². The van der Waals surface area contributed by atoms with E-state index in [4.69, 9.17) is 9.97 Å². The summed E-state index contributed by atoms with van der Waals surface area (Å²) in [7, 11) is 0. The minimum Gasteiger partial charge on any atom is -0.369 e. The standard InChI is InChI=1S/C24H20N6/c1-2-8-20(9-3-1)30-17-18(15-27-30)12-14-26-24-21-10-4-5-11-22(21)28-23(29-24)19-7-6-13-25-16-19/h1-11,13,15-17H,12,14H2,(H,26,28,29). The normalized spacial score (nSPS) is 10.9. The molecule has 6 nitrogen and oxygen atoms in total. The van der Waals surface area contributed by atoms with Crippen molar-refractivity contribution < 1.29 is 0 Å². The molecule has 0 saturated heterocycles. The van der Waals surface area contributed by atoms with Crippen LogP contribution in [0.25, 0.3) is 28.0 Å². The predicted octanol–water partition coefficient (Wildman–Crippen LogP) is 4.53. The molecule has 30 heavy (non-hydrogen) atoms. The molecule has 0 radical (unpaired) electrons. The molecule has 0 fully saturated rings. The van der Waals surface area contributed by atoms with Crippen molar-refractivity contribution in [2.24, 2.45) is 0 Å². The molecule has 0 aliphatic rings. The molecule has 0 bridgehead atoms. The first-order valence-corrected chi connectivity index (χ1v) is 9.87. The first-order valence-electron chi connectivity index (χ1n) is 9.87. The van der Waals surface area contributed by atoms with Crippen LogP contribution in [0.2, 0.25) is 0 Å². The lowest BCUT2D eigenvalue weighted by atomic mass is 10.2. The van der Waals surface area contributed by atoms with Gasteiger partial charge in [-0.3, -0.25) is 4.98 Å². The van der Waals surface area contributed by atoms with E-state index < -0.39 is 0 Å². The monoisotopic (exact) mass is 392 g/mol. The average Bonchev–Trinajstić information content (AvgIpc) is 3.29. The number of para-hydroxylation sites is 2. The molecule has 2 aromatic carbocycles. The maximum Gasteiger partial charge on any atom is 0.163 e. The van der Waals surface area contributed by atoms with E-state index in [-0.39, 0.29) is 0 Å². The summed E-state index contributed by atoms with van der Waals surface area (Å²) in [4.78, 5) is 13.7. The van der Waals surface area contributed by atoms with Crippen LogP contribution in [0, 0.1) is 0 Å². The molecule has 0 saturated carbocycles. The Balaban J connectivity index is 1.36. The highest BCUT2D eigenvalue weighted by Gasteiger charge is 2.09. The highest BCUT2D eigenvalue weighted by Crippen LogP contribution is 2.24. The Kier molecular flexibility index (Phi) is 4.88. The number of benzene rings is 2. The minimum absolute atomic E-state index is 0.668. The smallest absolute Gasteiger partial charge is 0.163 e. The number of hydrogen-bond acceptors (Lipinski definition) is 5. The molecular formula is C24H20N6. The molecule has 0 aliphatic carbocycles. The second kappa shape index (κ2) is 8.13. The maximum atomic E-state index is 4.77. The van der Waals surface area contributed by atoms with Crippen LogP contribution in [0.3, 0.4) is 0 Å². The van der Waals surface area contributed by atoms with Crippen molar-refractivity contribution in [3.05, 3.63) is 97.1 Å². The van der Waals surface area contributed by atoms with Crippen molar-refractivity contribution in [2.75, 3.05) is 11.9 Å². The second-order valence-electron chi connectivity index (χ2n) is 6.96. The van der Waals surface area contributed by atoms with E-state index in [0.717, 1.165) is 46.5 Å². The van der Waals surface area contributed by atoms with Gasteiger partial charge in [-0.15, -0.1) is 0 Å². The van der Waals surface area contributed by atoms with Crippen LogP contribution in [0.15, 0.2) is 91.5 Å². The summed E-state index contributed by atoms with van der Waals surface area (Å²) in [6.07, 6.45) is 8.35. The number of pyridine rings is 1. The number of nitrogens with zero attached hydrogens (tertiary/aromatic N) is 5. The molecule has 0 spiro atoms. The highest BCUT2D eigenvalue weighted by molar-refractivity contribution is 5.90. The second-order valence-corrected chi connectivity index (χ2v) is 6.96. The van der Waals surface area contributed by atoms with E-state index in [0.29, 0.717) is 5.82 Å². The van der Waals surface area contributed by atoms with Gasteiger partial charge in [0.2, 0.25) is 0 Å². The first-order chi connectivity index (χ1) is 14.9. The number of anilines is 1. The third-order valence-electron chi connectivity index (χ3n) is 4.89. The summed E-state index contributed by atoms with van der Waals surface area (Å²) < 4.78 is 1.90. The molecule has 0 amide bonds. The fourth-order valence-electron chi connectivity index (χ4n) is 3.37. The van der Waals surface area contributed by atoms with Crippen molar-refractivity contribution in [3.63, 3.8) is 0 Å². The van der Waals surface area contributed by atoms with Crippen LogP contribution in [0.1, 0.15) is 5.56 Å². The van der Waals surface area contributed by atoms with Gasteiger partial charge in [-0.1, -0.05) is 30.3 Å². The van der Waals surface area contributed by atoms with E-state index >= 15 is 0 Å². The van der Waals surface area contributed by atoms with Crippen molar-refractivity contribution >= 4 is 16.7 Å². The Morgan fingerprint density at radius 2 is 1.70 bits per heavy atom. The molecule has 1 N–H and O–H groups in total. The molecule has 5 aromatic rings. The van der Waals surface area contributed by atoms with Crippen molar-refractivity contribution in [2.45, 2.75) is 6.42 Å². The largest absolute Gasteiger partial charge is 0.369 e. The molecule has 5 rings (SSSR count). The third kappa shape index (κ3) is 3.75. The van der Waals surface area contributed by atoms with Crippen molar-refractivity contribution in [3.8, 4) is 17.1 Å². The van der Waals surface area contributed by atoms with E-state index in [2.05, 4.69) is 21.6 Å². The van der Waals surface area contributed by atoms with Crippen molar-refractivity contribution in [1.29, 1.82) is 0 Å². The molecule has 6 heteroatoms. The number of hydrogen-bond donors (Lipinski definition) is 1. The van der Waals surface area contributed by atoms with Gasteiger partial charge in [0.1, 0.15) is 5.82 Å². The van der Waals surface area contributed by atoms with Gasteiger partial charge in [0, 0.05) is 36.1 Å². The van der Waals surface area contributed by atoms with Gasteiger partial charge in [0.05, 0.1) is 17.4 Å². The Labute approximate surface area is 174 Å². The van der Waals surface area contributed by atoms with Gasteiger partial charge in [-0.25, -0.2) is 14.6 Å². The quantitative estimate of drug-likeness (QED) is 0.460. The molecular weight excluding hydrogens is 372 g/mol. The average molecular weight is 392 g/mol. The lowest BCUT2D eigenvalue weighted by molar-refractivity contribution is 0.879. The number of aromatic nitrogens is 5. The first kappa shape index (κ1) is 18.0. The van der Waals surface area contributed by atoms with Crippen molar-refractivity contribution in [1.82, 2.24) is 24.7 Å². The zero-order valence-corrected chi connectivity index (χ0v) is 16.3. The SMILES string of the molecule is c1ccc(-n2cc(CCNc3nc(-c4cccnc4)nc4ccccc34)cn2)cc1. The topological polar surface area (TPSA) is 68.5 Å². The van der Waals surface area contributed by atoms with E-state index in [1.807, 2.05) is 77.6 Å². The molecule has 3 heterocycles. The molecule has 0 unspecified atom stereocenters. The summed E-state index contributed by atoms with van der Waals surface area (Å²) in [5, 5.41) is 8.96. The molecule has 146 valence electrons. The molecule has 0 aliphatic heterocycles. The van der Waals surface area contributed by atoms with Gasteiger partial charge in [-0.2, -0.15) is 5.10 Å². The van der Waals surface area contributed by atoms with E-state index in [1.54, 1.807) is 12.4 Å². The summed E-state index contributed by atoms with van der Waals surface area (Å²) in [5.41, 5.74) is 4.03. The highest BCUT2D eigenvalue weighted by atomic mass is 15.3. The van der Waals surface area contributed by atoms with Gasteiger partial charge in [0.25, 0.3) is 0 Å². The Morgan fingerprint density at radius 3 is 2.57 bits per heavy atom. The molecule has 3 aromatic heterocycles. The van der Waals surface area contributed by atoms with Crippen LogP contribution in [-0.4, -0.2) is 31.3 Å². The minimum atomic E-state index is 0.668. The Bertz CT molecular complexity index is 1260. The van der Waals surface area contributed by atoms with E-state index in [9.17, 15) is 0 Å². The van der Waals surface area contributed by atoms with Crippen LogP contribution in [0.5, 0.6) is 0 Å². The van der Waals surface area contributed by atoms with Crippen LogP contribution in [-0.2, 0) is 6.42 Å². The maximum absolute atomic E-state index is 4.77.